The number of nitrogens with one attached hydrogen (secondary N) is 2. The fourth-order valence-electron chi connectivity index (χ4n) is 1.54. The van der Waals surface area contributed by atoms with Gasteiger partial charge in [-0.15, -0.1) is 0 Å². The first kappa shape index (κ1) is 17.7. The summed E-state index contributed by atoms with van der Waals surface area (Å²) in [6.45, 7) is 3.14. The molecule has 9 heteroatoms. The van der Waals surface area contributed by atoms with Crippen molar-refractivity contribution in [3.63, 3.8) is 0 Å². The van der Waals surface area contributed by atoms with E-state index in [9.17, 15) is 4.79 Å². The number of carbonyl (C=O) groups excluding carboxylic acids is 1. The van der Waals surface area contributed by atoms with E-state index in [0.717, 1.165) is 0 Å². The Labute approximate surface area is 133 Å². The number of aliphatic imine (C=N–C) groups is 2. The van der Waals surface area contributed by atoms with Crippen LogP contribution in [0.15, 0.2) is 34.3 Å². The number of hydrogen-bond acceptors (Lipinski definition) is 7. The monoisotopic (exact) mass is 326 g/mol. The molecule has 0 aromatic heterocycles. The Morgan fingerprint density at radius 3 is 2.18 bits per heavy atom. The van der Waals surface area contributed by atoms with E-state index in [-0.39, 0.29) is 0 Å². The highest BCUT2D eigenvalue weighted by molar-refractivity contribution is 6.30. The Morgan fingerprint density at radius 2 is 1.77 bits per heavy atom. The summed E-state index contributed by atoms with van der Waals surface area (Å²) in [7, 11) is 0. The zero-order chi connectivity index (χ0) is 16.8. The molecule has 1 amide bonds. The van der Waals surface area contributed by atoms with E-state index in [2.05, 4.69) is 20.6 Å². The fourth-order valence-corrected chi connectivity index (χ4v) is 1.66. The van der Waals surface area contributed by atoms with Gasteiger partial charge in [-0.1, -0.05) is 11.6 Å². The summed E-state index contributed by atoms with van der Waals surface area (Å²) in [5.74, 6) is 0.201. The number of anilines is 1. The van der Waals surface area contributed by atoms with Gasteiger partial charge in [0, 0.05) is 10.7 Å². The molecular weight excluding hydrogens is 308 g/mol. The molecule has 0 atom stereocenters. The van der Waals surface area contributed by atoms with Crippen molar-refractivity contribution in [1.82, 2.24) is 5.32 Å². The number of carbonyl (C=O) groups is 1. The van der Waals surface area contributed by atoms with E-state index in [1.54, 1.807) is 24.3 Å². The molecule has 0 radical (unpaired) electrons. The molecule has 1 aliphatic rings. The summed E-state index contributed by atoms with van der Waals surface area (Å²) < 4.78 is 0. The Balaban J connectivity index is 0.000000224. The summed E-state index contributed by atoms with van der Waals surface area (Å²) in [5, 5.41) is 14.1. The van der Waals surface area contributed by atoms with Gasteiger partial charge in [0.25, 0.3) is 0 Å². The quantitative estimate of drug-likeness (QED) is 0.529. The van der Waals surface area contributed by atoms with E-state index in [1.165, 1.54) is 0 Å². The number of benzene rings is 1. The molecule has 22 heavy (non-hydrogen) atoms. The topological polar surface area (TPSA) is 138 Å². The van der Waals surface area contributed by atoms with Crippen molar-refractivity contribution in [2.75, 3.05) is 11.9 Å². The van der Waals surface area contributed by atoms with Gasteiger partial charge in [0.1, 0.15) is 6.61 Å². The minimum absolute atomic E-state index is 0.317. The number of hydrogen-bond donors (Lipinski definition) is 5. The Morgan fingerprint density at radius 1 is 1.27 bits per heavy atom. The Bertz CT molecular complexity index is 563. The standard InChI is InChI=1S/C8H8ClNO2.C5H11N5/c9-6-1-3-7(4-2-6)10-8(12)5-11;1-5(2)9-3(6)8-4(7)10-5/h1-4,11H,5H2,(H,10,12);1-2H3,(H5,6,7,8,9,10). The van der Waals surface area contributed by atoms with Crippen molar-refractivity contribution in [2.24, 2.45) is 21.5 Å². The van der Waals surface area contributed by atoms with Crippen molar-refractivity contribution in [3.8, 4) is 0 Å². The normalized spacial score (nSPS) is 15.5. The number of halogens is 1. The van der Waals surface area contributed by atoms with Gasteiger partial charge < -0.3 is 21.9 Å². The number of amides is 1. The van der Waals surface area contributed by atoms with Gasteiger partial charge in [0.15, 0.2) is 17.6 Å². The molecular formula is C13H19ClN6O2. The third-order valence-corrected chi connectivity index (χ3v) is 2.57. The van der Waals surface area contributed by atoms with Gasteiger partial charge in [-0.05, 0) is 38.1 Å². The third kappa shape index (κ3) is 6.42. The molecule has 1 aliphatic heterocycles. The molecule has 0 aliphatic carbocycles. The SMILES string of the molecule is CC1(C)N=C(N)NC(N)=N1.O=C(CO)Nc1ccc(Cl)cc1. The molecule has 0 unspecified atom stereocenters. The van der Waals surface area contributed by atoms with E-state index in [4.69, 9.17) is 28.2 Å². The predicted octanol–water partition coefficient (Wildman–Crippen LogP) is 0.226. The highest BCUT2D eigenvalue weighted by Gasteiger charge is 2.19. The number of nitrogens with zero attached hydrogens (tertiary/aromatic N) is 2. The van der Waals surface area contributed by atoms with Crippen molar-refractivity contribution in [2.45, 2.75) is 19.5 Å². The van der Waals surface area contributed by atoms with E-state index >= 15 is 0 Å². The van der Waals surface area contributed by atoms with Gasteiger partial charge in [-0.25, -0.2) is 9.98 Å². The first-order valence-electron chi connectivity index (χ1n) is 6.36. The van der Waals surface area contributed by atoms with Crippen molar-refractivity contribution in [3.05, 3.63) is 29.3 Å². The lowest BCUT2D eigenvalue weighted by molar-refractivity contribution is -0.118. The van der Waals surface area contributed by atoms with Gasteiger partial charge >= 0.3 is 0 Å². The maximum Gasteiger partial charge on any atom is 0.250 e. The van der Waals surface area contributed by atoms with Crippen LogP contribution in [0.5, 0.6) is 0 Å². The van der Waals surface area contributed by atoms with Crippen LogP contribution in [0.25, 0.3) is 0 Å². The number of guanidine groups is 2. The summed E-state index contributed by atoms with van der Waals surface area (Å²) in [6.07, 6.45) is 0. The Kier molecular flexibility index (Phi) is 6.14. The first-order valence-corrected chi connectivity index (χ1v) is 6.73. The Hall–Kier alpha value is -2.32. The summed E-state index contributed by atoms with van der Waals surface area (Å²) in [6, 6.07) is 6.65. The van der Waals surface area contributed by atoms with Crippen LogP contribution in [-0.2, 0) is 4.79 Å². The van der Waals surface area contributed by atoms with Crippen LogP contribution in [0.2, 0.25) is 5.02 Å². The van der Waals surface area contributed by atoms with Crippen LogP contribution in [0.1, 0.15) is 13.8 Å². The lowest BCUT2D eigenvalue weighted by Crippen LogP contribution is -2.47. The second-order valence-corrected chi connectivity index (χ2v) is 5.26. The molecule has 1 aromatic rings. The number of aliphatic hydroxyl groups excluding tert-OH is 1. The van der Waals surface area contributed by atoms with Crippen molar-refractivity contribution < 1.29 is 9.90 Å². The maximum atomic E-state index is 10.7. The molecule has 7 N–H and O–H groups in total. The third-order valence-electron chi connectivity index (χ3n) is 2.32. The average molecular weight is 327 g/mol. The minimum Gasteiger partial charge on any atom is -0.387 e. The number of nitrogens with two attached hydrogens (primary N) is 2. The fraction of sp³-hybridized carbons (Fsp3) is 0.308. The molecule has 2 rings (SSSR count). The van der Waals surface area contributed by atoms with Crippen molar-refractivity contribution >= 4 is 35.1 Å². The second-order valence-electron chi connectivity index (χ2n) is 4.83. The molecule has 0 spiro atoms. The van der Waals surface area contributed by atoms with Gasteiger partial charge in [0.05, 0.1) is 0 Å². The molecule has 8 nitrogen and oxygen atoms in total. The molecule has 0 saturated heterocycles. The van der Waals surface area contributed by atoms with Crippen LogP contribution in [0, 0.1) is 0 Å². The van der Waals surface area contributed by atoms with Crippen LogP contribution >= 0.6 is 11.6 Å². The van der Waals surface area contributed by atoms with E-state index < -0.39 is 18.2 Å². The molecule has 0 bridgehead atoms. The van der Waals surface area contributed by atoms with Gasteiger partial charge in [0.2, 0.25) is 5.91 Å². The maximum absolute atomic E-state index is 10.7. The highest BCUT2D eigenvalue weighted by Crippen LogP contribution is 2.13. The highest BCUT2D eigenvalue weighted by atomic mass is 35.5. The number of rotatable bonds is 2. The summed E-state index contributed by atoms with van der Waals surface area (Å²) in [5.41, 5.74) is 10.9. The zero-order valence-electron chi connectivity index (χ0n) is 12.3. The molecule has 1 aromatic carbocycles. The van der Waals surface area contributed by atoms with Crippen molar-refractivity contribution in [1.29, 1.82) is 0 Å². The molecule has 0 saturated carbocycles. The molecule has 1 heterocycles. The molecule has 120 valence electrons. The van der Waals surface area contributed by atoms with Crippen LogP contribution in [0.4, 0.5) is 5.69 Å². The summed E-state index contributed by atoms with van der Waals surface area (Å²) >= 11 is 5.62. The average Bonchev–Trinajstić information content (AvgIpc) is 2.39. The van der Waals surface area contributed by atoms with Gasteiger partial charge in [-0.2, -0.15) is 0 Å². The van der Waals surface area contributed by atoms with Crippen LogP contribution in [0.3, 0.4) is 0 Å². The van der Waals surface area contributed by atoms with Gasteiger partial charge in [-0.3, -0.25) is 10.1 Å². The van der Waals surface area contributed by atoms with E-state index in [0.29, 0.717) is 22.6 Å². The zero-order valence-corrected chi connectivity index (χ0v) is 13.1. The first-order chi connectivity index (χ1) is 10.2. The lowest BCUT2D eigenvalue weighted by Gasteiger charge is -2.21. The minimum atomic E-state index is -0.514. The van der Waals surface area contributed by atoms with E-state index in [1.807, 2.05) is 13.8 Å². The second kappa shape index (κ2) is 7.62. The molecule has 0 fully saturated rings. The summed E-state index contributed by atoms with van der Waals surface area (Å²) in [4.78, 5) is 18.6. The van der Waals surface area contributed by atoms with Crippen LogP contribution in [-0.4, -0.2) is 35.2 Å². The smallest absolute Gasteiger partial charge is 0.250 e. The number of aliphatic hydroxyl groups is 1. The van der Waals surface area contributed by atoms with Crippen LogP contribution < -0.4 is 22.1 Å². The predicted molar refractivity (Wildman–Crippen MR) is 87.6 cm³/mol. The largest absolute Gasteiger partial charge is 0.387 e. The lowest BCUT2D eigenvalue weighted by atomic mass is 10.3.